The van der Waals surface area contributed by atoms with Gasteiger partial charge in [0.1, 0.15) is 24.0 Å². The largest absolute Gasteiger partial charge is 0.487 e. The van der Waals surface area contributed by atoms with Gasteiger partial charge in [-0.3, -0.25) is 10.3 Å². The highest BCUT2D eigenvalue weighted by molar-refractivity contribution is 7.90. The number of amides is 1. The van der Waals surface area contributed by atoms with E-state index in [0.717, 1.165) is 33.4 Å². The summed E-state index contributed by atoms with van der Waals surface area (Å²) in [5.41, 5.74) is 18.2. The molecule has 0 unspecified atom stereocenters. The monoisotopic (exact) mass is 690 g/mol. The topological polar surface area (TPSA) is 208 Å². The van der Waals surface area contributed by atoms with Crippen LogP contribution in [0.2, 0.25) is 0 Å². The van der Waals surface area contributed by atoms with Crippen molar-refractivity contribution >= 4 is 34.0 Å². The predicted octanol–water partition coefficient (Wildman–Crippen LogP) is 4.01. The van der Waals surface area contributed by atoms with Crippen molar-refractivity contribution in [2.75, 3.05) is 13.2 Å². The van der Waals surface area contributed by atoms with Crippen molar-refractivity contribution in [1.82, 2.24) is 10.6 Å². The van der Waals surface area contributed by atoms with Crippen LogP contribution in [0.25, 0.3) is 11.1 Å². The molecule has 1 aliphatic heterocycles. The molecular formula is C35H42N6O7S. The van der Waals surface area contributed by atoms with E-state index in [-0.39, 0.29) is 42.8 Å². The first kappa shape index (κ1) is 35.2. The number of hydrogen-bond donors (Lipinski definition) is 5. The van der Waals surface area contributed by atoms with Crippen LogP contribution < -0.4 is 26.8 Å². The Morgan fingerprint density at radius 3 is 2.22 bits per heavy atom. The highest BCUT2D eigenvalue weighted by atomic mass is 32.2. The fourth-order valence-corrected chi connectivity index (χ4v) is 7.98. The van der Waals surface area contributed by atoms with Crippen molar-refractivity contribution in [2.45, 2.75) is 76.3 Å². The summed E-state index contributed by atoms with van der Waals surface area (Å²) in [4.78, 5) is 28.7. The van der Waals surface area contributed by atoms with Gasteiger partial charge in [-0.2, -0.15) is 8.42 Å². The second kappa shape index (κ2) is 13.8. The molecule has 0 saturated carbocycles. The molecule has 5 rings (SSSR count). The Balaban J connectivity index is 1.14. The first-order valence-electron chi connectivity index (χ1n) is 15.9. The number of nitrogens with two attached hydrogens (primary N) is 2. The standard InChI is InChI=1S/C35H42N6O7S/c1-19-20(2)30(21(3)26-17-35(4,5)48-29(19)26)49(45,46)41-33(37)40-32(36)38-16-10-15-28(31(42)43)39-34(44)47-18-27-24-13-8-6-11-22(24)23-12-7-9-14-25(23)27/h6-9,11-14,27-28H,10,15-18H2,1-5H3,(H,39,44)(H,42,43)(H5,36,37,38,40,41)/t28-/m0/s1. The van der Waals surface area contributed by atoms with Crippen LogP contribution in [0, 0.1) is 20.8 Å². The third-order valence-electron chi connectivity index (χ3n) is 8.89. The number of fused-ring (bicyclic) bond motifs is 4. The number of ether oxygens (including phenoxy) is 2. The molecule has 49 heavy (non-hydrogen) atoms. The SMILES string of the molecule is Cc1c(C)c(S(=O)(=O)/N=C(\N)NC(N)=NCCC[C@H](NC(=O)OCC2c3ccccc3-c3ccccc32)C(=O)O)c(C)c2c1OC(C)(C)C2. The quantitative estimate of drug-likeness (QED) is 0.117. The Labute approximate surface area is 285 Å². The van der Waals surface area contributed by atoms with Crippen LogP contribution in [0.1, 0.15) is 66.0 Å². The molecule has 0 spiro atoms. The summed E-state index contributed by atoms with van der Waals surface area (Å²) in [7, 11) is -4.23. The highest BCUT2D eigenvalue weighted by Crippen LogP contribution is 2.45. The van der Waals surface area contributed by atoms with E-state index in [4.69, 9.17) is 20.9 Å². The van der Waals surface area contributed by atoms with Crippen LogP contribution in [-0.4, -0.2) is 62.3 Å². The number of sulfonamides is 1. The summed E-state index contributed by atoms with van der Waals surface area (Å²) in [5.74, 6) is -1.38. The van der Waals surface area contributed by atoms with E-state index in [2.05, 4.69) is 20.0 Å². The number of nitrogens with zero attached hydrogens (tertiary/aromatic N) is 2. The second-order valence-corrected chi connectivity index (χ2v) is 14.4. The fourth-order valence-electron chi connectivity index (χ4n) is 6.53. The summed E-state index contributed by atoms with van der Waals surface area (Å²) < 4.78 is 42.0. The van der Waals surface area contributed by atoms with Gasteiger partial charge in [-0.25, -0.2) is 9.59 Å². The minimum Gasteiger partial charge on any atom is -0.487 e. The maximum absolute atomic E-state index is 13.4. The van der Waals surface area contributed by atoms with E-state index in [0.29, 0.717) is 23.3 Å². The number of carbonyl (C=O) groups excluding carboxylic acids is 1. The molecule has 13 nitrogen and oxygen atoms in total. The molecule has 2 aliphatic rings. The third kappa shape index (κ3) is 7.48. The van der Waals surface area contributed by atoms with Gasteiger partial charge in [0.15, 0.2) is 5.96 Å². The van der Waals surface area contributed by atoms with Crippen molar-refractivity contribution in [3.8, 4) is 16.9 Å². The van der Waals surface area contributed by atoms with Gasteiger partial charge in [-0.15, -0.1) is 4.40 Å². The minimum atomic E-state index is -4.23. The first-order valence-corrected chi connectivity index (χ1v) is 17.4. The zero-order chi connectivity index (χ0) is 35.7. The second-order valence-electron chi connectivity index (χ2n) is 12.9. The minimum absolute atomic E-state index is 0.0328. The molecule has 1 aliphatic carbocycles. The first-order chi connectivity index (χ1) is 23.1. The van der Waals surface area contributed by atoms with E-state index < -0.39 is 39.7 Å². The molecule has 0 radical (unpaired) electrons. The number of alkyl carbamates (subject to hydrolysis) is 1. The Morgan fingerprint density at radius 2 is 1.61 bits per heavy atom. The Kier molecular flexibility index (Phi) is 9.90. The lowest BCUT2D eigenvalue weighted by Gasteiger charge is -2.18. The summed E-state index contributed by atoms with van der Waals surface area (Å²) in [6.45, 7) is 9.24. The van der Waals surface area contributed by atoms with Crippen LogP contribution in [-0.2, 0) is 26.0 Å². The van der Waals surface area contributed by atoms with Crippen LogP contribution in [0.3, 0.4) is 0 Å². The lowest BCUT2D eigenvalue weighted by molar-refractivity contribution is -0.139. The molecule has 1 amide bonds. The van der Waals surface area contributed by atoms with Crippen LogP contribution in [0.15, 0.2) is 62.8 Å². The number of rotatable bonds is 10. The van der Waals surface area contributed by atoms with Crippen molar-refractivity contribution < 1.29 is 32.6 Å². The average molecular weight is 691 g/mol. The smallest absolute Gasteiger partial charge is 0.407 e. The number of carbonyl (C=O) groups is 2. The maximum Gasteiger partial charge on any atom is 0.407 e. The molecular weight excluding hydrogens is 648 g/mol. The van der Waals surface area contributed by atoms with E-state index >= 15 is 0 Å². The fraction of sp³-hybridized carbons (Fsp3) is 0.371. The van der Waals surface area contributed by atoms with Crippen LogP contribution in [0.4, 0.5) is 4.79 Å². The van der Waals surface area contributed by atoms with Crippen molar-refractivity contribution in [3.63, 3.8) is 0 Å². The van der Waals surface area contributed by atoms with Gasteiger partial charge in [-0.05, 0) is 86.4 Å². The van der Waals surface area contributed by atoms with Gasteiger partial charge >= 0.3 is 12.1 Å². The molecule has 0 aromatic heterocycles. The third-order valence-corrected chi connectivity index (χ3v) is 10.5. The normalized spacial score (nSPS) is 15.9. The van der Waals surface area contributed by atoms with Crippen LogP contribution >= 0.6 is 0 Å². The zero-order valence-corrected chi connectivity index (χ0v) is 29.0. The molecule has 0 bridgehead atoms. The summed E-state index contributed by atoms with van der Waals surface area (Å²) in [6.07, 6.45) is -0.0303. The van der Waals surface area contributed by atoms with E-state index in [9.17, 15) is 23.1 Å². The van der Waals surface area contributed by atoms with Crippen molar-refractivity contribution in [2.24, 2.45) is 20.9 Å². The van der Waals surface area contributed by atoms with Crippen LogP contribution in [0.5, 0.6) is 5.75 Å². The van der Waals surface area contributed by atoms with E-state index in [1.54, 1.807) is 13.8 Å². The van der Waals surface area contributed by atoms with Gasteiger partial charge in [0.2, 0.25) is 5.96 Å². The van der Waals surface area contributed by atoms with Crippen molar-refractivity contribution in [3.05, 3.63) is 81.9 Å². The Hall–Kier alpha value is -5.11. The zero-order valence-electron chi connectivity index (χ0n) is 28.2. The number of benzene rings is 3. The molecule has 7 N–H and O–H groups in total. The number of guanidine groups is 2. The molecule has 0 fully saturated rings. The molecule has 1 heterocycles. The van der Waals surface area contributed by atoms with Gasteiger partial charge < -0.3 is 31.4 Å². The highest BCUT2D eigenvalue weighted by Gasteiger charge is 2.37. The number of carboxylic acids is 1. The molecule has 14 heteroatoms. The number of aliphatic imine (C=N–C) groups is 1. The van der Waals surface area contributed by atoms with E-state index in [1.165, 1.54) is 0 Å². The van der Waals surface area contributed by atoms with Gasteiger partial charge in [0, 0.05) is 24.4 Å². The summed E-state index contributed by atoms with van der Waals surface area (Å²) in [6, 6.07) is 14.6. The predicted molar refractivity (Wildman–Crippen MR) is 186 cm³/mol. The number of carboxylic acid groups (broad SMARTS) is 1. The number of hydrogen-bond acceptors (Lipinski definition) is 7. The Morgan fingerprint density at radius 1 is 1.00 bits per heavy atom. The lowest BCUT2D eigenvalue weighted by Crippen LogP contribution is -2.42. The van der Waals surface area contributed by atoms with Gasteiger partial charge in [-0.1, -0.05) is 48.5 Å². The molecule has 1 atom stereocenters. The molecule has 3 aromatic rings. The Bertz CT molecular complexity index is 1930. The number of aliphatic carboxylic acids is 1. The lowest BCUT2D eigenvalue weighted by atomic mass is 9.94. The van der Waals surface area contributed by atoms with Gasteiger partial charge in [0.05, 0.1) is 4.90 Å². The summed E-state index contributed by atoms with van der Waals surface area (Å²) in [5, 5.41) is 14.6. The average Bonchev–Trinajstić information content (AvgIpc) is 3.53. The maximum atomic E-state index is 13.4. The molecule has 260 valence electrons. The van der Waals surface area contributed by atoms with Gasteiger partial charge in [0.25, 0.3) is 10.0 Å². The molecule has 3 aromatic carbocycles. The summed E-state index contributed by atoms with van der Waals surface area (Å²) >= 11 is 0. The molecule has 0 saturated heterocycles. The van der Waals surface area contributed by atoms with E-state index in [1.807, 2.05) is 69.3 Å². The van der Waals surface area contributed by atoms with Crippen molar-refractivity contribution in [1.29, 1.82) is 0 Å². The number of nitrogens with one attached hydrogen (secondary N) is 2.